The van der Waals surface area contributed by atoms with Crippen LogP contribution in [0.2, 0.25) is 0 Å². The minimum absolute atomic E-state index is 0.0305. The molecule has 1 saturated heterocycles. The van der Waals surface area contributed by atoms with E-state index >= 15 is 0 Å². The van der Waals surface area contributed by atoms with E-state index in [0.29, 0.717) is 23.1 Å². The van der Waals surface area contributed by atoms with E-state index in [4.69, 9.17) is 15.7 Å². The van der Waals surface area contributed by atoms with E-state index in [-0.39, 0.29) is 5.60 Å². The zero-order valence-electron chi connectivity index (χ0n) is 12.1. The summed E-state index contributed by atoms with van der Waals surface area (Å²) >= 11 is 0. The van der Waals surface area contributed by atoms with Gasteiger partial charge in [0.15, 0.2) is 0 Å². The summed E-state index contributed by atoms with van der Waals surface area (Å²) in [5.74, 6) is 0.664. The lowest BCUT2D eigenvalue weighted by Gasteiger charge is -2.40. The van der Waals surface area contributed by atoms with Gasteiger partial charge < -0.3 is 15.8 Å². The van der Waals surface area contributed by atoms with Crippen molar-refractivity contribution in [2.24, 2.45) is 0 Å². The molecular weight excluding hydrogens is 252 g/mol. The molecule has 5 nitrogen and oxygen atoms in total. The van der Waals surface area contributed by atoms with Crippen molar-refractivity contribution in [3.63, 3.8) is 0 Å². The third kappa shape index (κ3) is 3.02. The fraction of sp³-hybridized carbons (Fsp3) is 0.600. The molecule has 2 heterocycles. The van der Waals surface area contributed by atoms with Crippen LogP contribution in [0.3, 0.4) is 0 Å². The van der Waals surface area contributed by atoms with Crippen molar-refractivity contribution in [1.29, 1.82) is 5.26 Å². The number of hydrogen-bond acceptors (Lipinski definition) is 5. The molecule has 0 aromatic carbocycles. The quantitative estimate of drug-likeness (QED) is 0.881. The Kier molecular flexibility index (Phi) is 4.46. The number of nitrogens with one attached hydrogen (secondary N) is 1. The number of nitrogens with two attached hydrogens (primary N) is 1. The second kappa shape index (κ2) is 6.10. The summed E-state index contributed by atoms with van der Waals surface area (Å²) in [4.78, 5) is 4.24. The van der Waals surface area contributed by atoms with Crippen LogP contribution in [0.25, 0.3) is 0 Å². The van der Waals surface area contributed by atoms with Gasteiger partial charge in [0, 0.05) is 18.8 Å². The first kappa shape index (κ1) is 14.6. The molecule has 0 aliphatic carbocycles. The van der Waals surface area contributed by atoms with Gasteiger partial charge in [-0.05, 0) is 31.7 Å². The van der Waals surface area contributed by atoms with Crippen LogP contribution in [0.5, 0.6) is 0 Å². The number of ether oxygens (including phenoxy) is 1. The number of anilines is 2. The van der Waals surface area contributed by atoms with E-state index < -0.39 is 0 Å². The molecule has 0 saturated carbocycles. The maximum atomic E-state index is 8.82. The average Bonchev–Trinajstić information content (AvgIpc) is 2.49. The number of hydrogen-bond donors (Lipinski definition) is 2. The van der Waals surface area contributed by atoms with E-state index in [2.05, 4.69) is 24.1 Å². The topological polar surface area (TPSA) is 84.0 Å². The van der Waals surface area contributed by atoms with Crippen LogP contribution in [0, 0.1) is 11.3 Å². The molecule has 1 atom stereocenters. The number of aromatic nitrogens is 1. The highest BCUT2D eigenvalue weighted by atomic mass is 16.5. The summed E-state index contributed by atoms with van der Waals surface area (Å²) in [7, 11) is 0. The lowest BCUT2D eigenvalue weighted by molar-refractivity contribution is -0.0864. The van der Waals surface area contributed by atoms with E-state index in [9.17, 15) is 0 Å². The average molecular weight is 274 g/mol. The first-order valence-corrected chi connectivity index (χ1v) is 7.18. The maximum absolute atomic E-state index is 8.82. The maximum Gasteiger partial charge on any atom is 0.149 e. The van der Waals surface area contributed by atoms with E-state index in [1.165, 1.54) is 0 Å². The summed E-state index contributed by atoms with van der Waals surface area (Å²) in [6.45, 7) is 5.09. The Balaban J connectivity index is 2.08. The largest absolute Gasteiger partial charge is 0.396 e. The van der Waals surface area contributed by atoms with Gasteiger partial charge in [-0.2, -0.15) is 5.26 Å². The first-order valence-electron chi connectivity index (χ1n) is 7.18. The van der Waals surface area contributed by atoms with Crippen molar-refractivity contribution in [1.82, 2.24) is 4.98 Å². The molecule has 3 N–H and O–H groups in total. The molecule has 1 aliphatic rings. The Morgan fingerprint density at radius 1 is 1.55 bits per heavy atom. The van der Waals surface area contributed by atoms with E-state index in [0.717, 1.165) is 32.3 Å². The number of nitrogen functional groups attached to an aromatic ring is 1. The summed E-state index contributed by atoms with van der Waals surface area (Å²) in [6, 6.07) is 4.01. The minimum atomic E-state index is -0.0305. The Bertz CT molecular complexity index is 505. The normalized spacial score (nSPS) is 21.1. The fourth-order valence-electron chi connectivity index (χ4n) is 2.75. The Hall–Kier alpha value is -1.80. The summed E-state index contributed by atoms with van der Waals surface area (Å²) in [5, 5.41) is 12.2. The van der Waals surface area contributed by atoms with Crippen molar-refractivity contribution in [3.8, 4) is 6.07 Å². The van der Waals surface area contributed by atoms with Crippen LogP contribution in [-0.4, -0.2) is 23.2 Å². The van der Waals surface area contributed by atoms with Crippen molar-refractivity contribution in [2.75, 3.05) is 17.7 Å². The van der Waals surface area contributed by atoms with Crippen LogP contribution >= 0.6 is 0 Å². The van der Waals surface area contributed by atoms with Crippen molar-refractivity contribution in [2.45, 2.75) is 51.2 Å². The van der Waals surface area contributed by atoms with Crippen LogP contribution in [-0.2, 0) is 4.74 Å². The van der Waals surface area contributed by atoms with Crippen molar-refractivity contribution in [3.05, 3.63) is 17.8 Å². The number of nitriles is 1. The van der Waals surface area contributed by atoms with Gasteiger partial charge in [0.25, 0.3) is 0 Å². The van der Waals surface area contributed by atoms with Crippen LogP contribution in [0.15, 0.2) is 12.3 Å². The van der Waals surface area contributed by atoms with Gasteiger partial charge in [0.2, 0.25) is 0 Å². The molecule has 0 bridgehead atoms. The third-order valence-electron chi connectivity index (χ3n) is 4.17. The predicted octanol–water partition coefficient (Wildman–Crippen LogP) is 2.69. The minimum Gasteiger partial charge on any atom is -0.396 e. The van der Waals surface area contributed by atoms with Gasteiger partial charge in [-0.25, -0.2) is 4.98 Å². The highest BCUT2D eigenvalue weighted by Gasteiger charge is 2.34. The Morgan fingerprint density at radius 2 is 2.30 bits per heavy atom. The van der Waals surface area contributed by atoms with E-state index in [1.54, 1.807) is 12.3 Å². The Labute approximate surface area is 120 Å². The Morgan fingerprint density at radius 3 is 2.90 bits per heavy atom. The van der Waals surface area contributed by atoms with Gasteiger partial charge in [-0.3, -0.25) is 0 Å². The standard InChI is InChI=1S/C15H22N4O/c1-3-15(4-2)8-12(5-6-20-15)19-14-13(17)7-11(9-16)10-18-14/h7,10,12H,3-6,8,17H2,1-2H3,(H,18,19). The molecule has 20 heavy (non-hydrogen) atoms. The molecule has 1 aromatic heterocycles. The molecule has 0 spiro atoms. The van der Waals surface area contributed by atoms with Crippen LogP contribution in [0.1, 0.15) is 45.1 Å². The molecule has 2 rings (SSSR count). The molecular formula is C15H22N4O. The molecule has 1 fully saturated rings. The van der Waals surface area contributed by atoms with Gasteiger partial charge in [0.05, 0.1) is 16.9 Å². The molecule has 0 amide bonds. The fourth-order valence-corrected chi connectivity index (χ4v) is 2.75. The molecule has 0 radical (unpaired) electrons. The molecule has 1 aliphatic heterocycles. The van der Waals surface area contributed by atoms with Crippen LogP contribution in [0.4, 0.5) is 11.5 Å². The molecule has 1 aromatic rings. The van der Waals surface area contributed by atoms with Crippen molar-refractivity contribution < 1.29 is 4.74 Å². The number of nitrogens with zero attached hydrogens (tertiary/aromatic N) is 2. The lowest BCUT2D eigenvalue weighted by atomic mass is 9.86. The predicted molar refractivity (Wildman–Crippen MR) is 79.3 cm³/mol. The SMILES string of the molecule is CCC1(CC)CC(Nc2ncc(C#N)cc2N)CCO1. The monoisotopic (exact) mass is 274 g/mol. The smallest absolute Gasteiger partial charge is 0.149 e. The summed E-state index contributed by atoms with van der Waals surface area (Å²) in [5.41, 5.74) is 6.91. The highest BCUT2D eigenvalue weighted by Crippen LogP contribution is 2.33. The number of rotatable bonds is 4. The van der Waals surface area contributed by atoms with Crippen LogP contribution < -0.4 is 11.1 Å². The lowest BCUT2D eigenvalue weighted by Crippen LogP contribution is -2.43. The third-order valence-corrected chi connectivity index (χ3v) is 4.17. The second-order valence-electron chi connectivity index (χ2n) is 5.35. The molecule has 108 valence electrons. The van der Waals surface area contributed by atoms with Gasteiger partial charge >= 0.3 is 0 Å². The number of pyridine rings is 1. The summed E-state index contributed by atoms with van der Waals surface area (Å²) < 4.78 is 5.96. The highest BCUT2D eigenvalue weighted by molar-refractivity contribution is 5.63. The zero-order valence-corrected chi connectivity index (χ0v) is 12.1. The van der Waals surface area contributed by atoms with Crippen molar-refractivity contribution >= 4 is 11.5 Å². The zero-order chi connectivity index (χ0) is 14.6. The molecule has 5 heteroatoms. The van der Waals surface area contributed by atoms with Gasteiger partial charge in [-0.15, -0.1) is 0 Å². The first-order chi connectivity index (χ1) is 9.62. The summed E-state index contributed by atoms with van der Waals surface area (Å²) in [6.07, 6.45) is 5.48. The van der Waals surface area contributed by atoms with Gasteiger partial charge in [0.1, 0.15) is 11.9 Å². The second-order valence-corrected chi connectivity index (χ2v) is 5.35. The van der Waals surface area contributed by atoms with Gasteiger partial charge in [-0.1, -0.05) is 13.8 Å². The van der Waals surface area contributed by atoms with E-state index in [1.807, 2.05) is 6.07 Å². The molecule has 1 unspecified atom stereocenters.